The van der Waals surface area contributed by atoms with Crippen molar-refractivity contribution in [3.8, 4) is 0 Å². The molecular weight excluding hydrogens is 390 g/mol. The molecule has 4 rings (SSSR count). The highest BCUT2D eigenvalue weighted by molar-refractivity contribution is 5.47. The van der Waals surface area contributed by atoms with Gasteiger partial charge in [-0.3, -0.25) is 0 Å². The number of rotatable bonds is 8. The van der Waals surface area contributed by atoms with Crippen LogP contribution in [0.4, 0.5) is 0 Å². The molecule has 1 aliphatic rings. The number of ether oxygens (including phenoxy) is 3. The fourth-order valence-corrected chi connectivity index (χ4v) is 4.42. The zero-order valence-electron chi connectivity index (χ0n) is 17.9. The Balaban J connectivity index is 1.95. The number of methoxy groups -OCH3 is 2. The van der Waals surface area contributed by atoms with Crippen LogP contribution in [0.15, 0.2) is 91.0 Å². The van der Waals surface area contributed by atoms with Crippen LogP contribution in [0.2, 0.25) is 0 Å². The van der Waals surface area contributed by atoms with Crippen molar-refractivity contribution in [2.75, 3.05) is 20.8 Å². The second kappa shape index (κ2) is 9.30. The van der Waals surface area contributed by atoms with Crippen LogP contribution >= 0.6 is 0 Å². The summed E-state index contributed by atoms with van der Waals surface area (Å²) in [5.41, 5.74) is 1.84. The minimum absolute atomic E-state index is 0.354. The normalized spacial score (nSPS) is 19.5. The maximum atomic E-state index is 10.2. The summed E-state index contributed by atoms with van der Waals surface area (Å²) in [5.74, 6) is -1.43. The average Bonchev–Trinajstić information content (AvgIpc) is 3.29. The second-order valence-electron chi connectivity index (χ2n) is 7.74. The molecule has 0 radical (unpaired) electrons. The van der Waals surface area contributed by atoms with Gasteiger partial charge in [0.2, 0.25) is 0 Å². The minimum Gasteiger partial charge on any atom is -0.392 e. The summed E-state index contributed by atoms with van der Waals surface area (Å²) >= 11 is 0. The Morgan fingerprint density at radius 1 is 0.742 bits per heavy atom. The van der Waals surface area contributed by atoms with E-state index in [-0.39, 0.29) is 6.04 Å². The molecule has 1 fully saturated rings. The van der Waals surface area contributed by atoms with Crippen molar-refractivity contribution in [1.29, 1.82) is 0 Å². The standard InChI is InChI=1S/C26H29NO4/c1-29-26(30-2,24-18-23(28)19-27-24)31-25(20-12-6-3-7-13-20,21-14-8-4-9-15-21)22-16-10-5-11-17-22/h3-17,23-24,27-28H,18-19H2,1-2H3. The number of aliphatic hydroxyl groups is 1. The first-order valence-corrected chi connectivity index (χ1v) is 10.5. The minimum atomic E-state index is -1.43. The van der Waals surface area contributed by atoms with Gasteiger partial charge in [0.25, 0.3) is 5.97 Å². The van der Waals surface area contributed by atoms with Gasteiger partial charge in [-0.2, -0.15) is 0 Å². The molecule has 162 valence electrons. The van der Waals surface area contributed by atoms with Gasteiger partial charge in [-0.1, -0.05) is 91.0 Å². The van der Waals surface area contributed by atoms with Crippen LogP contribution in [0.5, 0.6) is 0 Å². The van der Waals surface area contributed by atoms with E-state index < -0.39 is 17.7 Å². The highest BCUT2D eigenvalue weighted by Gasteiger charge is 2.52. The van der Waals surface area contributed by atoms with Crippen molar-refractivity contribution in [3.63, 3.8) is 0 Å². The van der Waals surface area contributed by atoms with E-state index in [2.05, 4.69) is 5.32 Å². The number of benzene rings is 3. The Bertz CT molecular complexity index is 848. The van der Waals surface area contributed by atoms with E-state index in [1.54, 1.807) is 14.2 Å². The van der Waals surface area contributed by atoms with E-state index in [0.29, 0.717) is 13.0 Å². The third-order valence-corrected chi connectivity index (χ3v) is 5.94. The van der Waals surface area contributed by atoms with Gasteiger partial charge < -0.3 is 24.6 Å². The third-order valence-electron chi connectivity index (χ3n) is 5.94. The molecule has 0 bridgehead atoms. The quantitative estimate of drug-likeness (QED) is 0.431. The molecule has 0 amide bonds. The third kappa shape index (κ3) is 4.03. The molecule has 2 N–H and O–H groups in total. The molecule has 1 aliphatic heterocycles. The molecule has 1 saturated heterocycles. The van der Waals surface area contributed by atoms with E-state index in [9.17, 15) is 5.11 Å². The lowest BCUT2D eigenvalue weighted by Gasteiger charge is -2.45. The second-order valence-corrected chi connectivity index (χ2v) is 7.74. The van der Waals surface area contributed by atoms with E-state index in [0.717, 1.165) is 16.7 Å². The number of aliphatic hydroxyl groups excluding tert-OH is 1. The smallest absolute Gasteiger partial charge is 0.300 e. The first kappa shape index (κ1) is 21.7. The van der Waals surface area contributed by atoms with E-state index in [1.165, 1.54) is 0 Å². The van der Waals surface area contributed by atoms with Gasteiger partial charge in [0.15, 0.2) is 0 Å². The summed E-state index contributed by atoms with van der Waals surface area (Å²) in [6, 6.07) is 29.9. The molecule has 0 saturated carbocycles. The van der Waals surface area contributed by atoms with Crippen LogP contribution < -0.4 is 5.32 Å². The van der Waals surface area contributed by atoms with Crippen molar-refractivity contribution in [1.82, 2.24) is 5.32 Å². The predicted octanol–water partition coefficient (Wildman–Crippen LogP) is 3.66. The molecule has 3 aromatic carbocycles. The topological polar surface area (TPSA) is 60.0 Å². The lowest BCUT2D eigenvalue weighted by molar-refractivity contribution is -0.398. The number of β-amino-alcohol motifs (C(OH)–C–C–N with tert-alkyl or cyclic N) is 1. The van der Waals surface area contributed by atoms with E-state index in [1.807, 2.05) is 91.0 Å². The lowest BCUT2D eigenvalue weighted by atomic mass is 9.80. The summed E-state index contributed by atoms with van der Waals surface area (Å²) in [4.78, 5) is 0. The monoisotopic (exact) mass is 419 g/mol. The first-order chi connectivity index (χ1) is 15.1. The van der Waals surface area contributed by atoms with Gasteiger partial charge >= 0.3 is 0 Å². The highest BCUT2D eigenvalue weighted by atomic mass is 16.9. The molecule has 0 aromatic heterocycles. The number of nitrogens with one attached hydrogen (secondary N) is 1. The van der Waals surface area contributed by atoms with Gasteiger partial charge in [-0.25, -0.2) is 0 Å². The van der Waals surface area contributed by atoms with Gasteiger partial charge in [0.1, 0.15) is 5.60 Å². The van der Waals surface area contributed by atoms with Gasteiger partial charge in [0, 0.05) is 20.8 Å². The van der Waals surface area contributed by atoms with Crippen LogP contribution in [-0.2, 0) is 19.8 Å². The zero-order valence-corrected chi connectivity index (χ0v) is 17.9. The summed E-state index contributed by atoms with van der Waals surface area (Å²) in [6.07, 6.45) is -0.0336. The molecule has 1 heterocycles. The number of hydrogen-bond acceptors (Lipinski definition) is 5. The van der Waals surface area contributed by atoms with Gasteiger partial charge in [-0.15, -0.1) is 0 Å². The Kier molecular flexibility index (Phi) is 6.51. The molecular formula is C26H29NO4. The van der Waals surface area contributed by atoms with Crippen molar-refractivity contribution in [3.05, 3.63) is 108 Å². The fourth-order valence-electron chi connectivity index (χ4n) is 4.42. The molecule has 2 atom stereocenters. The Labute approximate surface area is 183 Å². The fraction of sp³-hybridized carbons (Fsp3) is 0.308. The maximum absolute atomic E-state index is 10.2. The SMILES string of the molecule is COC(OC)(OC(c1ccccc1)(c1ccccc1)c1ccccc1)C1CC(O)CN1. The molecule has 2 unspecified atom stereocenters. The predicted molar refractivity (Wildman–Crippen MR) is 119 cm³/mol. The molecule has 3 aromatic rings. The van der Waals surface area contributed by atoms with E-state index in [4.69, 9.17) is 14.2 Å². The van der Waals surface area contributed by atoms with Crippen LogP contribution in [0.3, 0.4) is 0 Å². The Hall–Kier alpha value is -2.54. The number of hydrogen-bond donors (Lipinski definition) is 2. The van der Waals surface area contributed by atoms with Gasteiger partial charge in [-0.05, 0) is 23.1 Å². The Morgan fingerprint density at radius 3 is 1.48 bits per heavy atom. The summed E-state index contributed by atoms with van der Waals surface area (Å²) in [5, 5.41) is 13.5. The summed E-state index contributed by atoms with van der Waals surface area (Å²) < 4.78 is 18.8. The largest absolute Gasteiger partial charge is 0.392 e. The van der Waals surface area contributed by atoms with Crippen LogP contribution in [0, 0.1) is 0 Å². The zero-order chi connectivity index (χ0) is 21.7. The van der Waals surface area contributed by atoms with Gasteiger partial charge in [0.05, 0.1) is 12.1 Å². The molecule has 5 nitrogen and oxygen atoms in total. The van der Waals surface area contributed by atoms with Crippen LogP contribution in [-0.4, -0.2) is 44.0 Å². The van der Waals surface area contributed by atoms with Crippen molar-refractivity contribution in [2.24, 2.45) is 0 Å². The van der Waals surface area contributed by atoms with Crippen molar-refractivity contribution >= 4 is 0 Å². The van der Waals surface area contributed by atoms with Crippen molar-refractivity contribution < 1.29 is 19.3 Å². The summed E-state index contributed by atoms with van der Waals surface area (Å²) in [6.45, 7) is 0.456. The molecule has 31 heavy (non-hydrogen) atoms. The first-order valence-electron chi connectivity index (χ1n) is 10.5. The van der Waals surface area contributed by atoms with Crippen molar-refractivity contribution in [2.45, 2.75) is 30.1 Å². The Morgan fingerprint density at radius 2 is 1.16 bits per heavy atom. The highest BCUT2D eigenvalue weighted by Crippen LogP contribution is 2.45. The van der Waals surface area contributed by atoms with Crippen LogP contribution in [0.1, 0.15) is 23.1 Å². The van der Waals surface area contributed by atoms with Crippen LogP contribution in [0.25, 0.3) is 0 Å². The lowest BCUT2D eigenvalue weighted by Crippen LogP contribution is -2.57. The average molecular weight is 420 g/mol. The maximum Gasteiger partial charge on any atom is 0.300 e. The molecule has 0 spiro atoms. The molecule has 0 aliphatic carbocycles. The summed E-state index contributed by atoms with van der Waals surface area (Å²) in [7, 11) is 3.14. The van der Waals surface area contributed by atoms with E-state index >= 15 is 0 Å². The molecule has 5 heteroatoms.